The van der Waals surface area contributed by atoms with Crippen LogP contribution in [0.3, 0.4) is 0 Å². The van der Waals surface area contributed by atoms with Gasteiger partial charge in [0.2, 0.25) is 0 Å². The van der Waals surface area contributed by atoms with Crippen LogP contribution in [0.5, 0.6) is 0 Å². The zero-order chi connectivity index (χ0) is 13.2. The van der Waals surface area contributed by atoms with Crippen LogP contribution in [0.4, 0.5) is 0 Å². The number of hydrogen-bond acceptors (Lipinski definition) is 2. The topological polar surface area (TPSA) is 38.3 Å². The van der Waals surface area contributed by atoms with Gasteiger partial charge in [0.1, 0.15) is 0 Å². The Labute approximate surface area is 112 Å². The molecule has 0 aromatic heterocycles. The zero-order valence-electron chi connectivity index (χ0n) is 10.9. The number of hydrogen-bond donors (Lipinski definition) is 1. The molecule has 2 aromatic carbocycles. The summed E-state index contributed by atoms with van der Waals surface area (Å²) < 4.78 is 5.47. The third-order valence-electron chi connectivity index (χ3n) is 2.46. The van der Waals surface area contributed by atoms with Gasteiger partial charge in [-0.05, 0) is 0 Å². The minimum absolute atomic E-state index is 0.174. The third kappa shape index (κ3) is 3.46. The molecule has 1 N–H and O–H groups in total. The van der Waals surface area contributed by atoms with Gasteiger partial charge in [-0.2, -0.15) is 0 Å². The van der Waals surface area contributed by atoms with Crippen LogP contribution in [-0.4, -0.2) is 24.7 Å². The fourth-order valence-corrected chi connectivity index (χ4v) is 2.73. The molecule has 1 amide bonds. The molecule has 0 aliphatic carbocycles. The van der Waals surface area contributed by atoms with Gasteiger partial charge in [-0.1, -0.05) is 0 Å². The van der Waals surface area contributed by atoms with Crippen LogP contribution in [0.25, 0.3) is 10.8 Å². The molecule has 0 aliphatic rings. The van der Waals surface area contributed by atoms with Gasteiger partial charge in [-0.15, -0.1) is 0 Å². The van der Waals surface area contributed by atoms with Crippen molar-refractivity contribution in [2.45, 2.75) is 14.8 Å². The predicted molar refractivity (Wildman–Crippen MR) is 75.8 cm³/mol. The second-order valence-corrected chi connectivity index (χ2v) is 17.8. The van der Waals surface area contributed by atoms with Crippen molar-refractivity contribution in [2.24, 2.45) is 0 Å². The first-order chi connectivity index (χ1) is 8.46. The van der Waals surface area contributed by atoms with Gasteiger partial charge in [0, 0.05) is 0 Å². The molecular formula is C14H17NO2Sn. The van der Waals surface area contributed by atoms with Crippen LogP contribution in [0.15, 0.2) is 42.5 Å². The molecule has 94 valence electrons. The number of carbonyl (C=O) groups is 1. The zero-order valence-corrected chi connectivity index (χ0v) is 13.7. The summed E-state index contributed by atoms with van der Waals surface area (Å²) in [6.07, 6.45) is 0. The molecule has 18 heavy (non-hydrogen) atoms. The van der Waals surface area contributed by atoms with Crippen LogP contribution in [0.2, 0.25) is 14.8 Å². The summed E-state index contributed by atoms with van der Waals surface area (Å²) >= 11 is -2.43. The van der Waals surface area contributed by atoms with E-state index < -0.39 is 18.8 Å². The van der Waals surface area contributed by atoms with Gasteiger partial charge >= 0.3 is 112 Å². The number of rotatable bonds is 3. The SMILES string of the molecule is [CH3][Sn]([CH3])([CH3])[O]NC(=O)c1ccc2ccccc2c1. The maximum absolute atomic E-state index is 11.9. The van der Waals surface area contributed by atoms with Crippen molar-refractivity contribution in [1.82, 2.24) is 5.48 Å². The van der Waals surface area contributed by atoms with E-state index in [0.717, 1.165) is 10.8 Å². The Kier molecular flexibility index (Phi) is 3.92. The standard InChI is InChI=1S/C11H8NO2.3CH3.Sn/c13-11(12-14)10-6-5-8-3-1-2-4-9(8)7-10;;;;/h1-7H,(H-,12,13,14);3*1H3;/q-1;;;;+1. The number of hydroxylamine groups is 1. The fraction of sp³-hybridized carbons (Fsp3) is 0.214. The molecule has 0 unspecified atom stereocenters. The van der Waals surface area contributed by atoms with Crippen molar-refractivity contribution in [3.05, 3.63) is 48.0 Å². The number of fused-ring (bicyclic) bond motifs is 1. The van der Waals surface area contributed by atoms with Crippen molar-refractivity contribution < 1.29 is 7.97 Å². The number of carbonyl (C=O) groups excluding carboxylic acids is 1. The maximum atomic E-state index is 11.9. The van der Waals surface area contributed by atoms with E-state index in [1.165, 1.54) is 0 Å². The van der Waals surface area contributed by atoms with Gasteiger partial charge in [0.15, 0.2) is 0 Å². The average Bonchev–Trinajstić information content (AvgIpc) is 2.34. The van der Waals surface area contributed by atoms with Crippen LogP contribution in [0, 0.1) is 0 Å². The molecule has 0 saturated carbocycles. The third-order valence-corrected chi connectivity index (χ3v) is 4.50. The second-order valence-electron chi connectivity index (χ2n) is 5.21. The molecule has 0 atom stereocenters. The first-order valence-electron chi connectivity index (χ1n) is 5.93. The number of amides is 1. The molecule has 4 heteroatoms. The molecule has 2 rings (SSSR count). The monoisotopic (exact) mass is 351 g/mol. The van der Waals surface area contributed by atoms with Crippen molar-refractivity contribution in [3.8, 4) is 0 Å². The normalized spacial score (nSPS) is 11.5. The molecule has 0 bridgehead atoms. The molecule has 0 heterocycles. The summed E-state index contributed by atoms with van der Waals surface area (Å²) in [4.78, 5) is 18.2. The number of nitrogens with one attached hydrogen (secondary N) is 1. The van der Waals surface area contributed by atoms with E-state index >= 15 is 0 Å². The van der Waals surface area contributed by atoms with Crippen molar-refractivity contribution in [2.75, 3.05) is 0 Å². The Hall–Kier alpha value is -1.07. The van der Waals surface area contributed by atoms with Crippen molar-refractivity contribution in [1.29, 1.82) is 0 Å². The summed E-state index contributed by atoms with van der Waals surface area (Å²) in [6.45, 7) is 0. The summed E-state index contributed by atoms with van der Waals surface area (Å²) in [5.74, 6) is -0.174. The minimum atomic E-state index is -2.43. The first kappa shape index (κ1) is 13.4. The van der Waals surface area contributed by atoms with E-state index in [4.69, 9.17) is 3.17 Å². The summed E-state index contributed by atoms with van der Waals surface area (Å²) in [5.41, 5.74) is 3.19. The van der Waals surface area contributed by atoms with Crippen LogP contribution in [0.1, 0.15) is 10.4 Å². The van der Waals surface area contributed by atoms with E-state index in [-0.39, 0.29) is 5.91 Å². The Morgan fingerprint density at radius 2 is 1.72 bits per heavy atom. The Morgan fingerprint density at radius 1 is 1.06 bits per heavy atom. The van der Waals surface area contributed by atoms with Gasteiger partial charge in [-0.3, -0.25) is 0 Å². The Balaban J connectivity index is 2.18. The summed E-state index contributed by atoms with van der Waals surface area (Å²) in [6, 6.07) is 13.6. The number of benzene rings is 2. The van der Waals surface area contributed by atoms with Gasteiger partial charge < -0.3 is 0 Å². The molecule has 2 aromatic rings. The molecular weight excluding hydrogens is 333 g/mol. The van der Waals surface area contributed by atoms with Gasteiger partial charge in [0.05, 0.1) is 0 Å². The van der Waals surface area contributed by atoms with Crippen LogP contribution < -0.4 is 5.48 Å². The van der Waals surface area contributed by atoms with Crippen molar-refractivity contribution in [3.63, 3.8) is 0 Å². The van der Waals surface area contributed by atoms with E-state index in [1.54, 1.807) is 0 Å². The quantitative estimate of drug-likeness (QED) is 0.681. The Morgan fingerprint density at radius 3 is 2.39 bits per heavy atom. The molecule has 0 radical (unpaired) electrons. The van der Waals surface area contributed by atoms with Gasteiger partial charge in [0.25, 0.3) is 0 Å². The first-order valence-corrected chi connectivity index (χ1v) is 15.7. The predicted octanol–water partition coefficient (Wildman–Crippen LogP) is 3.34. The molecule has 0 saturated heterocycles. The average molecular weight is 350 g/mol. The van der Waals surface area contributed by atoms with E-state index in [2.05, 4.69) is 20.3 Å². The van der Waals surface area contributed by atoms with E-state index in [1.807, 2.05) is 42.5 Å². The second kappa shape index (κ2) is 5.28. The molecule has 0 aliphatic heterocycles. The van der Waals surface area contributed by atoms with Gasteiger partial charge in [-0.25, -0.2) is 0 Å². The molecule has 0 spiro atoms. The fourth-order valence-electron chi connectivity index (χ4n) is 1.59. The van der Waals surface area contributed by atoms with E-state index in [0.29, 0.717) is 5.56 Å². The Bertz CT molecular complexity index is 575. The van der Waals surface area contributed by atoms with Crippen LogP contribution in [-0.2, 0) is 3.17 Å². The van der Waals surface area contributed by atoms with Crippen LogP contribution >= 0.6 is 0 Å². The van der Waals surface area contributed by atoms with E-state index in [9.17, 15) is 4.79 Å². The molecule has 0 fully saturated rings. The summed E-state index contributed by atoms with van der Waals surface area (Å²) in [7, 11) is 0. The summed E-state index contributed by atoms with van der Waals surface area (Å²) in [5, 5.41) is 2.19. The molecule has 3 nitrogen and oxygen atoms in total. The van der Waals surface area contributed by atoms with Crippen molar-refractivity contribution >= 4 is 35.5 Å².